The monoisotopic (exact) mass is 431 g/mol. The topological polar surface area (TPSA) is 95.6 Å². The van der Waals surface area contributed by atoms with Crippen LogP contribution in [0.5, 0.6) is 5.75 Å². The Bertz CT molecular complexity index is 1040. The van der Waals surface area contributed by atoms with E-state index in [0.29, 0.717) is 23.1 Å². The molecule has 0 unspecified atom stereocenters. The van der Waals surface area contributed by atoms with E-state index in [4.69, 9.17) is 25.5 Å². The first-order valence-electron chi connectivity index (χ1n) is 9.43. The number of benzene rings is 1. The highest BCUT2D eigenvalue weighted by Crippen LogP contribution is 2.24. The minimum atomic E-state index is -0.610. The average Bonchev–Trinajstić information content (AvgIpc) is 3.34. The molecule has 0 radical (unpaired) electrons. The average molecular weight is 432 g/mol. The fraction of sp³-hybridized carbons (Fsp3) is 0.286. The summed E-state index contributed by atoms with van der Waals surface area (Å²) in [6.07, 6.45) is 1.26. The fourth-order valence-corrected chi connectivity index (χ4v) is 2.76. The van der Waals surface area contributed by atoms with Crippen molar-refractivity contribution in [2.45, 2.75) is 40.0 Å². The predicted octanol–water partition coefficient (Wildman–Crippen LogP) is 4.55. The third kappa shape index (κ3) is 5.21. The molecule has 9 heteroatoms. The Balaban J connectivity index is 1.69. The predicted molar refractivity (Wildman–Crippen MR) is 111 cm³/mol. The molecule has 3 rings (SSSR count). The van der Waals surface area contributed by atoms with Gasteiger partial charge in [-0.15, -0.1) is 0 Å². The van der Waals surface area contributed by atoms with Gasteiger partial charge in [-0.25, -0.2) is 4.79 Å². The fourth-order valence-electron chi connectivity index (χ4n) is 2.57. The van der Waals surface area contributed by atoms with Crippen molar-refractivity contribution in [3.05, 3.63) is 64.8 Å². The van der Waals surface area contributed by atoms with E-state index in [1.54, 1.807) is 50.4 Å². The number of anilines is 1. The van der Waals surface area contributed by atoms with E-state index >= 15 is 0 Å². The quantitative estimate of drug-likeness (QED) is 0.526. The lowest BCUT2D eigenvalue weighted by atomic mass is 10.3. The molecule has 0 atom stereocenters. The summed E-state index contributed by atoms with van der Waals surface area (Å²) in [7, 11) is 0. The second-order valence-corrected chi connectivity index (χ2v) is 7.05. The summed E-state index contributed by atoms with van der Waals surface area (Å²) >= 11 is 6.06. The second kappa shape index (κ2) is 9.49. The first-order valence-corrected chi connectivity index (χ1v) is 9.81. The molecular formula is C21H22ClN3O5. The molecule has 0 aliphatic rings. The van der Waals surface area contributed by atoms with Gasteiger partial charge in [0.05, 0.1) is 16.8 Å². The number of halogens is 1. The van der Waals surface area contributed by atoms with Crippen molar-refractivity contribution >= 4 is 29.2 Å². The molecule has 30 heavy (non-hydrogen) atoms. The molecule has 0 fully saturated rings. The molecule has 1 aromatic carbocycles. The molecular weight excluding hydrogens is 410 g/mol. The molecule has 0 aliphatic carbocycles. The van der Waals surface area contributed by atoms with E-state index in [0.717, 1.165) is 0 Å². The van der Waals surface area contributed by atoms with Crippen LogP contribution in [0, 0.1) is 0 Å². The molecule has 2 aromatic heterocycles. The number of hydrogen-bond donors (Lipinski definition) is 1. The molecule has 1 N–H and O–H groups in total. The van der Waals surface area contributed by atoms with Gasteiger partial charge in [0.25, 0.3) is 5.91 Å². The molecule has 0 bridgehead atoms. The molecule has 0 saturated heterocycles. The molecule has 1 amide bonds. The van der Waals surface area contributed by atoms with Crippen LogP contribution in [0.2, 0.25) is 5.02 Å². The maximum atomic E-state index is 12.6. The number of carbonyl (C=O) groups excluding carboxylic acids is 2. The third-order valence-electron chi connectivity index (χ3n) is 3.96. The van der Waals surface area contributed by atoms with Gasteiger partial charge in [0.2, 0.25) is 0 Å². The van der Waals surface area contributed by atoms with Crippen LogP contribution in [0.3, 0.4) is 0 Å². The lowest BCUT2D eigenvalue weighted by Crippen LogP contribution is -2.17. The van der Waals surface area contributed by atoms with Gasteiger partial charge in [0.15, 0.2) is 11.5 Å². The Kier molecular flexibility index (Phi) is 6.79. The summed E-state index contributed by atoms with van der Waals surface area (Å²) in [5.41, 5.74) is 0.283. The largest absolute Gasteiger partial charge is 0.484 e. The first-order chi connectivity index (χ1) is 14.4. The maximum absolute atomic E-state index is 12.6. The van der Waals surface area contributed by atoms with E-state index in [-0.39, 0.29) is 29.9 Å². The van der Waals surface area contributed by atoms with Gasteiger partial charge >= 0.3 is 5.97 Å². The lowest BCUT2D eigenvalue weighted by Gasteiger charge is -2.07. The zero-order valence-electron chi connectivity index (χ0n) is 16.8. The molecule has 8 nitrogen and oxygen atoms in total. The number of esters is 1. The van der Waals surface area contributed by atoms with Gasteiger partial charge in [-0.2, -0.15) is 5.10 Å². The van der Waals surface area contributed by atoms with E-state index < -0.39 is 11.9 Å². The van der Waals surface area contributed by atoms with Gasteiger partial charge in [0, 0.05) is 12.7 Å². The summed E-state index contributed by atoms with van der Waals surface area (Å²) in [4.78, 5) is 24.9. The Hall–Kier alpha value is -3.26. The van der Waals surface area contributed by atoms with Crippen LogP contribution in [0.4, 0.5) is 5.69 Å². The van der Waals surface area contributed by atoms with Crippen LogP contribution in [0.15, 0.2) is 47.0 Å². The Labute approximate surface area is 178 Å². The summed E-state index contributed by atoms with van der Waals surface area (Å²) < 4.78 is 17.9. The number of hydrogen-bond acceptors (Lipinski definition) is 6. The number of furan rings is 1. The highest BCUT2D eigenvalue weighted by molar-refractivity contribution is 6.32. The number of ether oxygens (including phenoxy) is 2. The SMILES string of the molecule is CCn1cc(NC(=O)c2ccc(COc3ccccc3Cl)o2)c(C(=O)OC(C)C)n1. The van der Waals surface area contributed by atoms with Crippen molar-refractivity contribution in [1.29, 1.82) is 0 Å². The summed E-state index contributed by atoms with van der Waals surface area (Å²) in [6, 6.07) is 10.2. The molecule has 3 aromatic rings. The van der Waals surface area contributed by atoms with Crippen molar-refractivity contribution in [2.24, 2.45) is 0 Å². The van der Waals surface area contributed by atoms with E-state index in [9.17, 15) is 9.59 Å². The zero-order valence-corrected chi connectivity index (χ0v) is 17.6. The van der Waals surface area contributed by atoms with Crippen molar-refractivity contribution < 1.29 is 23.5 Å². The molecule has 158 valence electrons. The van der Waals surface area contributed by atoms with Crippen molar-refractivity contribution in [1.82, 2.24) is 9.78 Å². The second-order valence-electron chi connectivity index (χ2n) is 6.64. The van der Waals surface area contributed by atoms with Gasteiger partial charge in [-0.1, -0.05) is 23.7 Å². The van der Waals surface area contributed by atoms with Crippen LogP contribution in [-0.2, 0) is 17.9 Å². The van der Waals surface area contributed by atoms with Crippen LogP contribution in [0.1, 0.15) is 47.6 Å². The number of para-hydroxylation sites is 1. The minimum Gasteiger partial charge on any atom is -0.484 e. The highest BCUT2D eigenvalue weighted by atomic mass is 35.5. The van der Waals surface area contributed by atoms with E-state index in [1.165, 1.54) is 10.7 Å². The summed E-state index contributed by atoms with van der Waals surface area (Å²) in [5.74, 6) is -0.0974. The van der Waals surface area contributed by atoms with Crippen molar-refractivity contribution in [3.63, 3.8) is 0 Å². The van der Waals surface area contributed by atoms with Crippen molar-refractivity contribution in [2.75, 3.05) is 5.32 Å². The lowest BCUT2D eigenvalue weighted by molar-refractivity contribution is 0.0371. The van der Waals surface area contributed by atoms with Gasteiger partial charge in [0.1, 0.15) is 18.1 Å². The number of amides is 1. The normalized spacial score (nSPS) is 10.8. The zero-order chi connectivity index (χ0) is 21.7. The van der Waals surface area contributed by atoms with Crippen LogP contribution < -0.4 is 10.1 Å². The van der Waals surface area contributed by atoms with Crippen molar-refractivity contribution in [3.8, 4) is 5.75 Å². The summed E-state index contributed by atoms with van der Waals surface area (Å²) in [6.45, 7) is 5.98. The number of aryl methyl sites for hydroxylation is 1. The highest BCUT2D eigenvalue weighted by Gasteiger charge is 2.22. The van der Waals surface area contributed by atoms with E-state index in [2.05, 4.69) is 10.4 Å². The first kappa shape index (κ1) is 21.4. The number of carbonyl (C=O) groups is 2. The molecule has 2 heterocycles. The third-order valence-corrected chi connectivity index (χ3v) is 4.27. The minimum absolute atomic E-state index is 0.0349. The molecule has 0 spiro atoms. The molecule has 0 aliphatic heterocycles. The van der Waals surface area contributed by atoms with Crippen LogP contribution in [-0.4, -0.2) is 27.8 Å². The van der Waals surface area contributed by atoms with Crippen LogP contribution in [0.25, 0.3) is 0 Å². The van der Waals surface area contributed by atoms with Gasteiger partial charge < -0.3 is 19.2 Å². The van der Waals surface area contributed by atoms with Crippen LogP contribution >= 0.6 is 11.6 Å². The number of nitrogens with one attached hydrogen (secondary N) is 1. The maximum Gasteiger partial charge on any atom is 0.361 e. The van der Waals surface area contributed by atoms with E-state index in [1.807, 2.05) is 6.92 Å². The smallest absolute Gasteiger partial charge is 0.361 e. The number of rotatable bonds is 8. The number of aromatic nitrogens is 2. The van der Waals surface area contributed by atoms with Gasteiger partial charge in [-0.05, 0) is 45.0 Å². The summed E-state index contributed by atoms with van der Waals surface area (Å²) in [5, 5.41) is 7.30. The Morgan fingerprint density at radius 2 is 2.00 bits per heavy atom. The number of nitrogens with zero attached hydrogens (tertiary/aromatic N) is 2. The van der Waals surface area contributed by atoms with Gasteiger partial charge in [-0.3, -0.25) is 9.48 Å². The molecule has 0 saturated carbocycles. The Morgan fingerprint density at radius 3 is 2.70 bits per heavy atom. The standard InChI is InChI=1S/C21H22ClN3O5/c1-4-25-11-16(19(24-25)21(27)29-13(2)3)23-20(26)18-10-9-14(30-18)12-28-17-8-6-5-7-15(17)22/h5-11,13H,4,12H2,1-3H3,(H,23,26). The Morgan fingerprint density at radius 1 is 1.23 bits per heavy atom.